The zero-order valence-electron chi connectivity index (χ0n) is 17.1. The Morgan fingerprint density at radius 1 is 1.16 bits per heavy atom. The standard InChI is InChI=1S/C23H24ClFN4O2/c24-20-13-18(4-5-21(20)25)28-23-19-11-16(17(14-30)12-22(19)26-15-27-23)3-1-2-6-29-7-9-31-10-8-29/h4-5,11-15H,1-3,6-10H2,(H,26,27,28). The van der Waals surface area contributed by atoms with E-state index >= 15 is 0 Å². The molecule has 2 heterocycles. The molecule has 1 fully saturated rings. The molecule has 162 valence electrons. The number of aryl methyl sites for hydroxylation is 1. The fourth-order valence-corrected chi connectivity index (χ4v) is 3.96. The number of aldehydes is 1. The summed E-state index contributed by atoms with van der Waals surface area (Å²) in [6.45, 7) is 4.60. The number of carbonyl (C=O) groups excluding carboxylic acids is 1. The summed E-state index contributed by atoms with van der Waals surface area (Å²) in [6, 6.07) is 8.18. The summed E-state index contributed by atoms with van der Waals surface area (Å²) in [5, 5.41) is 4.02. The van der Waals surface area contributed by atoms with Crippen molar-refractivity contribution in [2.75, 3.05) is 38.2 Å². The quantitative estimate of drug-likeness (QED) is 0.405. The van der Waals surface area contributed by atoms with Crippen LogP contribution >= 0.6 is 11.6 Å². The Labute approximate surface area is 185 Å². The highest BCUT2D eigenvalue weighted by atomic mass is 35.5. The number of hydrogen-bond donors (Lipinski definition) is 1. The first-order valence-electron chi connectivity index (χ1n) is 10.4. The fraction of sp³-hybridized carbons (Fsp3) is 0.348. The number of nitrogens with zero attached hydrogens (tertiary/aromatic N) is 3. The predicted molar refractivity (Wildman–Crippen MR) is 120 cm³/mol. The van der Waals surface area contributed by atoms with E-state index in [4.69, 9.17) is 16.3 Å². The van der Waals surface area contributed by atoms with Crippen molar-refractivity contribution < 1.29 is 13.9 Å². The minimum absolute atomic E-state index is 0.0348. The number of ether oxygens (including phenoxy) is 1. The van der Waals surface area contributed by atoms with Gasteiger partial charge in [0.1, 0.15) is 24.2 Å². The lowest BCUT2D eigenvalue weighted by Gasteiger charge is -2.26. The van der Waals surface area contributed by atoms with Crippen molar-refractivity contribution in [1.82, 2.24) is 14.9 Å². The number of hydrogen-bond acceptors (Lipinski definition) is 6. The normalized spacial score (nSPS) is 14.6. The lowest BCUT2D eigenvalue weighted by atomic mass is 9.99. The van der Waals surface area contributed by atoms with E-state index in [2.05, 4.69) is 20.2 Å². The van der Waals surface area contributed by atoms with E-state index in [1.54, 1.807) is 12.1 Å². The lowest BCUT2D eigenvalue weighted by Crippen LogP contribution is -2.36. The number of aromatic nitrogens is 2. The molecule has 3 aromatic rings. The van der Waals surface area contributed by atoms with E-state index < -0.39 is 5.82 Å². The summed E-state index contributed by atoms with van der Waals surface area (Å²) < 4.78 is 18.9. The van der Waals surface area contributed by atoms with E-state index in [0.29, 0.717) is 22.6 Å². The van der Waals surface area contributed by atoms with Crippen molar-refractivity contribution in [3.8, 4) is 0 Å². The summed E-state index contributed by atoms with van der Waals surface area (Å²) in [6.07, 6.45) is 5.15. The molecule has 1 N–H and O–H groups in total. The van der Waals surface area contributed by atoms with E-state index in [9.17, 15) is 9.18 Å². The molecule has 0 radical (unpaired) electrons. The average molecular weight is 443 g/mol. The first-order chi connectivity index (χ1) is 15.1. The zero-order chi connectivity index (χ0) is 21.6. The SMILES string of the molecule is O=Cc1cc2ncnc(Nc3ccc(F)c(Cl)c3)c2cc1CCCCN1CCOCC1. The summed E-state index contributed by atoms with van der Waals surface area (Å²) in [4.78, 5) is 22.7. The zero-order valence-corrected chi connectivity index (χ0v) is 17.9. The highest BCUT2D eigenvalue weighted by Gasteiger charge is 2.12. The first-order valence-corrected chi connectivity index (χ1v) is 10.8. The molecule has 6 nitrogen and oxygen atoms in total. The second-order valence-corrected chi connectivity index (χ2v) is 7.98. The molecule has 0 saturated carbocycles. The molecule has 1 saturated heterocycles. The molecule has 2 aromatic carbocycles. The van der Waals surface area contributed by atoms with Crippen LogP contribution in [0, 0.1) is 5.82 Å². The average Bonchev–Trinajstić information content (AvgIpc) is 2.79. The Bertz CT molecular complexity index is 1070. The van der Waals surface area contributed by atoms with Gasteiger partial charge < -0.3 is 10.1 Å². The van der Waals surface area contributed by atoms with Gasteiger partial charge in [-0.2, -0.15) is 0 Å². The maximum Gasteiger partial charge on any atom is 0.150 e. The highest BCUT2D eigenvalue weighted by Crippen LogP contribution is 2.28. The molecule has 31 heavy (non-hydrogen) atoms. The number of anilines is 2. The van der Waals surface area contributed by atoms with Crippen LogP contribution in [-0.2, 0) is 11.2 Å². The Kier molecular flexibility index (Phi) is 7.06. The third kappa shape index (κ3) is 5.36. The van der Waals surface area contributed by atoms with Crippen LogP contribution in [0.2, 0.25) is 5.02 Å². The molecule has 0 amide bonds. The molecule has 0 bridgehead atoms. The van der Waals surface area contributed by atoms with Gasteiger partial charge in [0, 0.05) is 29.7 Å². The molecule has 1 aromatic heterocycles. The highest BCUT2D eigenvalue weighted by molar-refractivity contribution is 6.31. The van der Waals surface area contributed by atoms with E-state index in [-0.39, 0.29) is 5.02 Å². The van der Waals surface area contributed by atoms with Gasteiger partial charge >= 0.3 is 0 Å². The van der Waals surface area contributed by atoms with Crippen LogP contribution < -0.4 is 5.32 Å². The molecule has 0 atom stereocenters. The third-order valence-electron chi connectivity index (χ3n) is 5.48. The van der Waals surface area contributed by atoms with Crippen molar-refractivity contribution in [3.05, 3.63) is 58.6 Å². The summed E-state index contributed by atoms with van der Waals surface area (Å²) in [7, 11) is 0. The number of unbranched alkanes of at least 4 members (excludes halogenated alkanes) is 1. The van der Waals surface area contributed by atoms with E-state index in [1.165, 1.54) is 18.5 Å². The van der Waals surface area contributed by atoms with Crippen LogP contribution in [0.1, 0.15) is 28.8 Å². The van der Waals surface area contributed by atoms with Gasteiger partial charge in [-0.05, 0) is 61.7 Å². The summed E-state index contributed by atoms with van der Waals surface area (Å²) in [5.41, 5.74) is 2.91. The largest absolute Gasteiger partial charge is 0.379 e. The molecular weight excluding hydrogens is 419 g/mol. The van der Waals surface area contributed by atoms with E-state index in [0.717, 1.165) is 69.3 Å². The number of halogens is 2. The number of nitrogens with one attached hydrogen (secondary N) is 1. The van der Waals surface area contributed by atoms with Crippen molar-refractivity contribution in [1.29, 1.82) is 0 Å². The molecule has 1 aliphatic heterocycles. The lowest BCUT2D eigenvalue weighted by molar-refractivity contribution is 0.0372. The van der Waals surface area contributed by atoms with Crippen molar-refractivity contribution in [3.63, 3.8) is 0 Å². The molecule has 0 aliphatic carbocycles. The smallest absolute Gasteiger partial charge is 0.150 e. The Morgan fingerprint density at radius 3 is 2.77 bits per heavy atom. The number of morpholine rings is 1. The second kappa shape index (κ2) is 10.1. The monoisotopic (exact) mass is 442 g/mol. The molecule has 4 rings (SSSR count). The Hall–Kier alpha value is -2.61. The Morgan fingerprint density at radius 2 is 2.00 bits per heavy atom. The van der Waals surface area contributed by atoms with Gasteiger partial charge in [-0.15, -0.1) is 0 Å². The third-order valence-corrected chi connectivity index (χ3v) is 5.77. The van der Waals surface area contributed by atoms with Gasteiger partial charge in [0.2, 0.25) is 0 Å². The van der Waals surface area contributed by atoms with Gasteiger partial charge in [0.25, 0.3) is 0 Å². The number of rotatable bonds is 8. The van der Waals surface area contributed by atoms with Gasteiger partial charge in [-0.25, -0.2) is 14.4 Å². The van der Waals surface area contributed by atoms with Gasteiger partial charge in [-0.3, -0.25) is 9.69 Å². The van der Waals surface area contributed by atoms with Crippen LogP contribution in [0.15, 0.2) is 36.7 Å². The topological polar surface area (TPSA) is 67.4 Å². The first kappa shape index (κ1) is 21.6. The minimum Gasteiger partial charge on any atom is -0.379 e. The van der Waals surface area contributed by atoms with Crippen molar-refractivity contribution >= 4 is 40.3 Å². The predicted octanol–water partition coefficient (Wildman–Crippen LogP) is 4.63. The minimum atomic E-state index is -0.477. The van der Waals surface area contributed by atoms with Gasteiger partial charge in [0.15, 0.2) is 0 Å². The van der Waals surface area contributed by atoms with Crippen LogP contribution in [0.4, 0.5) is 15.9 Å². The summed E-state index contributed by atoms with van der Waals surface area (Å²) >= 11 is 5.89. The van der Waals surface area contributed by atoms with Crippen LogP contribution in [-0.4, -0.2) is 54.0 Å². The van der Waals surface area contributed by atoms with Crippen LogP contribution in [0.5, 0.6) is 0 Å². The molecular formula is C23H24ClFN4O2. The van der Waals surface area contributed by atoms with E-state index in [1.807, 2.05) is 6.07 Å². The maximum atomic E-state index is 13.5. The van der Waals surface area contributed by atoms with Crippen molar-refractivity contribution in [2.24, 2.45) is 0 Å². The van der Waals surface area contributed by atoms with Crippen LogP contribution in [0.25, 0.3) is 10.9 Å². The van der Waals surface area contributed by atoms with Crippen molar-refractivity contribution in [2.45, 2.75) is 19.3 Å². The second-order valence-electron chi connectivity index (χ2n) is 7.57. The fourth-order valence-electron chi connectivity index (χ4n) is 3.78. The molecule has 1 aliphatic rings. The number of benzene rings is 2. The molecule has 0 spiro atoms. The van der Waals surface area contributed by atoms with Gasteiger partial charge in [0.05, 0.1) is 23.8 Å². The molecule has 0 unspecified atom stereocenters. The molecule has 8 heteroatoms. The maximum absolute atomic E-state index is 13.5. The number of fused-ring (bicyclic) bond motifs is 1. The van der Waals surface area contributed by atoms with Crippen LogP contribution in [0.3, 0.4) is 0 Å². The Balaban J connectivity index is 1.51. The number of carbonyl (C=O) groups is 1. The summed E-state index contributed by atoms with van der Waals surface area (Å²) in [5.74, 6) is 0.106. The van der Waals surface area contributed by atoms with Gasteiger partial charge in [-0.1, -0.05) is 11.6 Å².